The maximum absolute atomic E-state index is 10.5. The first-order valence-corrected chi connectivity index (χ1v) is 3.65. The molecule has 0 aromatic heterocycles. The van der Waals surface area contributed by atoms with Crippen LogP contribution in [0.15, 0.2) is 32.6 Å². The molecule has 0 spiro atoms. The van der Waals surface area contributed by atoms with Gasteiger partial charge in [-0.2, -0.15) is 0 Å². The fourth-order valence-corrected chi connectivity index (χ4v) is 0.855. The van der Waals surface area contributed by atoms with Crippen molar-refractivity contribution in [2.24, 2.45) is 20.5 Å². The maximum Gasteiger partial charge on any atom is 0.454 e. The normalized spacial score (nSPS) is 30.0. The van der Waals surface area contributed by atoms with Gasteiger partial charge in [-0.25, -0.2) is 9.59 Å². The molecule has 0 aliphatic carbocycles. The summed E-state index contributed by atoms with van der Waals surface area (Å²) in [7, 11) is 0. The van der Waals surface area contributed by atoms with Crippen LogP contribution in [0, 0.1) is 0 Å². The number of rotatable bonds is 2. The Morgan fingerprint density at radius 3 is 1.64 bits per heavy atom. The zero-order valence-electron chi connectivity index (χ0n) is 6.73. The van der Waals surface area contributed by atoms with Crippen molar-refractivity contribution in [3.63, 3.8) is 0 Å². The van der Waals surface area contributed by atoms with E-state index in [0.29, 0.717) is 0 Å². The lowest BCUT2D eigenvalue weighted by molar-refractivity contribution is 0.145. The van der Waals surface area contributed by atoms with Gasteiger partial charge in [0.15, 0.2) is 0 Å². The van der Waals surface area contributed by atoms with Crippen LogP contribution in [0.1, 0.15) is 0 Å². The average molecular weight is 196 g/mol. The predicted molar refractivity (Wildman–Crippen MR) is 39.4 cm³/mol. The SMILES string of the molecule is O=C1N=NC(C=CC2N=NC(=O)O2)O1. The molecule has 2 rings (SSSR count). The third-order valence-electron chi connectivity index (χ3n) is 1.39. The minimum absolute atomic E-state index is 0.746. The van der Waals surface area contributed by atoms with Crippen molar-refractivity contribution >= 4 is 12.2 Å². The van der Waals surface area contributed by atoms with Crippen molar-refractivity contribution < 1.29 is 19.1 Å². The molecule has 2 heterocycles. The smallest absolute Gasteiger partial charge is 0.415 e. The van der Waals surface area contributed by atoms with Crippen molar-refractivity contribution in [3.8, 4) is 0 Å². The fourth-order valence-electron chi connectivity index (χ4n) is 0.855. The summed E-state index contributed by atoms with van der Waals surface area (Å²) < 4.78 is 9.15. The minimum atomic E-state index is -0.767. The Morgan fingerprint density at radius 2 is 1.36 bits per heavy atom. The third kappa shape index (κ3) is 1.79. The number of carbonyl (C=O) groups is 2. The molecule has 72 valence electrons. The fraction of sp³-hybridized carbons (Fsp3) is 0.333. The molecule has 0 saturated carbocycles. The number of amides is 2. The van der Waals surface area contributed by atoms with E-state index in [9.17, 15) is 9.59 Å². The van der Waals surface area contributed by atoms with Crippen molar-refractivity contribution in [1.82, 2.24) is 0 Å². The molecule has 2 amide bonds. The molecule has 8 heteroatoms. The van der Waals surface area contributed by atoms with Gasteiger partial charge in [0.25, 0.3) is 0 Å². The molecule has 2 atom stereocenters. The van der Waals surface area contributed by atoms with Gasteiger partial charge in [-0.3, -0.25) is 0 Å². The second kappa shape index (κ2) is 3.32. The maximum atomic E-state index is 10.5. The molecule has 0 N–H and O–H groups in total. The van der Waals surface area contributed by atoms with E-state index in [1.54, 1.807) is 0 Å². The van der Waals surface area contributed by atoms with E-state index in [0.717, 1.165) is 0 Å². The number of nitrogens with zero attached hydrogens (tertiary/aromatic N) is 4. The van der Waals surface area contributed by atoms with Crippen LogP contribution in [-0.2, 0) is 9.47 Å². The molecule has 0 saturated heterocycles. The molecular formula is C6H4N4O4. The number of carbonyl (C=O) groups excluding carboxylic acids is 2. The zero-order valence-corrected chi connectivity index (χ0v) is 6.73. The first kappa shape index (κ1) is 8.48. The van der Waals surface area contributed by atoms with Crippen LogP contribution in [0.25, 0.3) is 0 Å². The quantitative estimate of drug-likeness (QED) is 0.622. The summed E-state index contributed by atoms with van der Waals surface area (Å²) in [5, 5.41) is 13.2. The minimum Gasteiger partial charge on any atom is -0.415 e. The van der Waals surface area contributed by atoms with Crippen LogP contribution in [0.2, 0.25) is 0 Å². The van der Waals surface area contributed by atoms with E-state index in [1.165, 1.54) is 12.2 Å². The van der Waals surface area contributed by atoms with E-state index in [4.69, 9.17) is 0 Å². The van der Waals surface area contributed by atoms with Crippen LogP contribution < -0.4 is 0 Å². The van der Waals surface area contributed by atoms with Crippen LogP contribution in [0.5, 0.6) is 0 Å². The molecule has 0 bridgehead atoms. The highest BCUT2D eigenvalue weighted by Gasteiger charge is 2.20. The Hall–Kier alpha value is -2.12. The van der Waals surface area contributed by atoms with Gasteiger partial charge in [0, 0.05) is 0 Å². The molecule has 2 aliphatic rings. The van der Waals surface area contributed by atoms with Crippen LogP contribution >= 0.6 is 0 Å². The lowest BCUT2D eigenvalue weighted by atomic mass is 10.4. The lowest BCUT2D eigenvalue weighted by Crippen LogP contribution is -2.06. The average Bonchev–Trinajstić information content (AvgIpc) is 2.72. The van der Waals surface area contributed by atoms with E-state index in [1.807, 2.05) is 0 Å². The van der Waals surface area contributed by atoms with Crippen molar-refractivity contribution in [2.45, 2.75) is 12.5 Å². The van der Waals surface area contributed by atoms with E-state index >= 15 is 0 Å². The first-order chi connectivity index (χ1) is 6.74. The van der Waals surface area contributed by atoms with Gasteiger partial charge in [0.1, 0.15) is 0 Å². The van der Waals surface area contributed by atoms with Gasteiger partial charge in [-0.05, 0) is 12.2 Å². The van der Waals surface area contributed by atoms with Gasteiger partial charge in [-0.15, -0.1) is 10.2 Å². The van der Waals surface area contributed by atoms with Gasteiger partial charge >= 0.3 is 12.2 Å². The molecule has 0 aromatic rings. The highest BCUT2D eigenvalue weighted by molar-refractivity contribution is 5.69. The molecule has 8 nitrogen and oxygen atoms in total. The number of hydrogen-bond acceptors (Lipinski definition) is 6. The zero-order chi connectivity index (χ0) is 9.97. The summed E-state index contributed by atoms with van der Waals surface area (Å²) >= 11 is 0. The summed E-state index contributed by atoms with van der Waals surface area (Å²) in [5.74, 6) is 0. The van der Waals surface area contributed by atoms with Gasteiger partial charge in [0.2, 0.25) is 12.5 Å². The molecule has 14 heavy (non-hydrogen) atoms. The highest BCUT2D eigenvalue weighted by atomic mass is 16.6. The Labute approximate surface area is 77.3 Å². The van der Waals surface area contributed by atoms with Crippen molar-refractivity contribution in [2.75, 3.05) is 0 Å². The van der Waals surface area contributed by atoms with Crippen molar-refractivity contribution in [3.05, 3.63) is 12.2 Å². The molecule has 0 radical (unpaired) electrons. The Balaban J connectivity index is 1.89. The van der Waals surface area contributed by atoms with E-state index < -0.39 is 24.6 Å². The topological polar surface area (TPSA) is 102 Å². The molecule has 0 fully saturated rings. The van der Waals surface area contributed by atoms with Gasteiger partial charge in [-0.1, -0.05) is 10.2 Å². The third-order valence-corrected chi connectivity index (χ3v) is 1.39. The summed E-state index contributed by atoms with van der Waals surface area (Å²) in [6.45, 7) is 0. The molecule has 2 unspecified atom stereocenters. The molecule has 0 aromatic carbocycles. The second-order valence-corrected chi connectivity index (χ2v) is 2.36. The summed E-state index contributed by atoms with van der Waals surface area (Å²) in [4.78, 5) is 20.9. The largest absolute Gasteiger partial charge is 0.454 e. The summed E-state index contributed by atoms with van der Waals surface area (Å²) in [6, 6.07) is 0. The van der Waals surface area contributed by atoms with Gasteiger partial charge in [0.05, 0.1) is 0 Å². The Bertz CT molecular complexity index is 327. The Morgan fingerprint density at radius 1 is 0.929 bits per heavy atom. The van der Waals surface area contributed by atoms with Crippen LogP contribution in [0.4, 0.5) is 9.59 Å². The number of hydrogen-bond donors (Lipinski definition) is 0. The standard InChI is InChI=1S/C6H4N4O4/c11-5-9-7-3(13-5)1-2-4-8-10-6(12)14-4/h1-4H. The number of cyclic esters (lactones) is 2. The van der Waals surface area contributed by atoms with Crippen molar-refractivity contribution in [1.29, 1.82) is 0 Å². The predicted octanol–water partition coefficient (Wildman–Crippen LogP) is 1.40. The van der Waals surface area contributed by atoms with Crippen LogP contribution in [0.3, 0.4) is 0 Å². The number of ether oxygens (including phenoxy) is 2. The monoisotopic (exact) mass is 196 g/mol. The summed E-state index contributed by atoms with van der Waals surface area (Å²) in [6.07, 6.45) is -0.226. The summed E-state index contributed by atoms with van der Waals surface area (Å²) in [5.41, 5.74) is 0. The van der Waals surface area contributed by atoms with E-state index in [2.05, 4.69) is 29.9 Å². The van der Waals surface area contributed by atoms with Gasteiger partial charge < -0.3 is 9.47 Å². The molecule has 2 aliphatic heterocycles. The Kier molecular flexibility index (Phi) is 2.01. The highest BCUT2D eigenvalue weighted by Crippen LogP contribution is 2.12. The molecular weight excluding hydrogens is 192 g/mol. The number of azo groups is 2. The lowest BCUT2D eigenvalue weighted by Gasteiger charge is -1.99. The van der Waals surface area contributed by atoms with E-state index in [-0.39, 0.29) is 0 Å². The first-order valence-electron chi connectivity index (χ1n) is 3.65. The second-order valence-electron chi connectivity index (χ2n) is 2.36. The van der Waals surface area contributed by atoms with Crippen LogP contribution in [-0.4, -0.2) is 24.6 Å².